The molecule has 0 amide bonds. The van der Waals surface area contributed by atoms with Crippen molar-refractivity contribution in [1.29, 1.82) is 0 Å². The van der Waals surface area contributed by atoms with Crippen LogP contribution in [0.4, 0.5) is 0 Å². The van der Waals surface area contributed by atoms with Crippen molar-refractivity contribution < 1.29 is 96.4 Å². The maximum atomic E-state index is 10.0. The SMILES string of the molecule is CC(=O)OCC(O)CO.O=S(=O)([O-])[O-].[Na+].[Na+]. The van der Waals surface area contributed by atoms with E-state index in [-0.39, 0.29) is 72.3 Å². The molecule has 0 saturated heterocycles. The van der Waals surface area contributed by atoms with Crippen LogP contribution in [0.3, 0.4) is 0 Å². The second-order valence-electron chi connectivity index (χ2n) is 2.05. The molecule has 2 N–H and O–H groups in total. The molecule has 86 valence electrons. The molecule has 1 atom stereocenters. The zero-order chi connectivity index (χ0) is 11.8. The fourth-order valence-corrected chi connectivity index (χ4v) is 0.266. The van der Waals surface area contributed by atoms with Gasteiger partial charge in [0.1, 0.15) is 12.7 Å². The minimum atomic E-state index is -5.17. The molecule has 0 fully saturated rings. The van der Waals surface area contributed by atoms with E-state index in [1.807, 2.05) is 0 Å². The molecule has 0 rings (SSSR count). The zero-order valence-corrected chi connectivity index (χ0v) is 14.1. The first kappa shape index (κ1) is 26.0. The van der Waals surface area contributed by atoms with E-state index in [1.165, 1.54) is 6.92 Å². The Morgan fingerprint density at radius 1 is 1.38 bits per heavy atom. The van der Waals surface area contributed by atoms with Crippen LogP contribution >= 0.6 is 0 Å². The Bertz CT molecular complexity index is 245. The van der Waals surface area contributed by atoms with E-state index < -0.39 is 22.5 Å². The van der Waals surface area contributed by atoms with Crippen molar-refractivity contribution in [2.75, 3.05) is 13.2 Å². The zero-order valence-electron chi connectivity index (χ0n) is 9.24. The first-order valence-corrected chi connectivity index (χ1v) is 4.59. The third-order valence-electron chi connectivity index (χ3n) is 0.690. The van der Waals surface area contributed by atoms with Gasteiger partial charge in [-0.05, 0) is 0 Å². The standard InChI is InChI=1S/C5H10O4.2Na.H2O4S/c1-4(7)9-3-5(8)2-6;;;1-5(2,3)4/h5-6,8H,2-3H2,1H3;;;(H2,1,2,3,4)/q;2*+1;/p-2. The fourth-order valence-electron chi connectivity index (χ4n) is 0.266. The number of carbonyl (C=O) groups is 1. The molecule has 0 aliphatic rings. The summed E-state index contributed by atoms with van der Waals surface area (Å²) in [5.74, 6) is -0.456. The Hall–Kier alpha value is 1.26. The van der Waals surface area contributed by atoms with Crippen LogP contribution < -0.4 is 59.1 Å². The summed E-state index contributed by atoms with van der Waals surface area (Å²) in [6.45, 7) is 0.725. The van der Waals surface area contributed by atoms with E-state index >= 15 is 0 Å². The molecule has 8 nitrogen and oxygen atoms in total. The van der Waals surface area contributed by atoms with Gasteiger partial charge >= 0.3 is 65.1 Å². The van der Waals surface area contributed by atoms with E-state index in [0.717, 1.165) is 0 Å². The van der Waals surface area contributed by atoms with E-state index in [9.17, 15) is 4.79 Å². The monoisotopic (exact) mass is 276 g/mol. The summed E-state index contributed by atoms with van der Waals surface area (Å²) in [5.41, 5.74) is 0. The Labute approximate surface area is 138 Å². The number of hydrogen-bond donors (Lipinski definition) is 2. The molecule has 0 spiro atoms. The molecule has 1 unspecified atom stereocenters. The summed E-state index contributed by atoms with van der Waals surface area (Å²) in [6, 6.07) is 0. The Morgan fingerprint density at radius 3 is 1.88 bits per heavy atom. The van der Waals surface area contributed by atoms with Gasteiger partial charge in [0, 0.05) is 17.3 Å². The summed E-state index contributed by atoms with van der Waals surface area (Å²) in [6.07, 6.45) is -0.950. The van der Waals surface area contributed by atoms with Crippen molar-refractivity contribution in [3.05, 3.63) is 0 Å². The molecule has 0 aromatic heterocycles. The van der Waals surface area contributed by atoms with Crippen LogP contribution in [0, 0.1) is 0 Å². The second kappa shape index (κ2) is 14.3. The van der Waals surface area contributed by atoms with Crippen LogP contribution in [0.2, 0.25) is 0 Å². The van der Waals surface area contributed by atoms with Crippen molar-refractivity contribution in [3.8, 4) is 0 Å². The number of esters is 1. The van der Waals surface area contributed by atoms with E-state index in [2.05, 4.69) is 4.74 Å². The topological polar surface area (TPSA) is 147 Å². The summed E-state index contributed by atoms with van der Waals surface area (Å²) < 4.78 is 38.4. The van der Waals surface area contributed by atoms with Crippen molar-refractivity contribution in [2.45, 2.75) is 13.0 Å². The predicted molar refractivity (Wildman–Crippen MR) is 40.2 cm³/mol. The number of carbonyl (C=O) groups excluding carboxylic acids is 1. The smallest absolute Gasteiger partial charge is 0.759 e. The Morgan fingerprint density at radius 2 is 1.69 bits per heavy atom. The first-order valence-electron chi connectivity index (χ1n) is 3.25. The van der Waals surface area contributed by atoms with Gasteiger partial charge in [-0.3, -0.25) is 13.2 Å². The van der Waals surface area contributed by atoms with Gasteiger partial charge in [0.05, 0.1) is 6.61 Å². The Kier molecular flexibility index (Phi) is 23.2. The van der Waals surface area contributed by atoms with Gasteiger partial charge in [-0.25, -0.2) is 0 Å². The molecule has 16 heavy (non-hydrogen) atoms. The third-order valence-corrected chi connectivity index (χ3v) is 0.690. The number of aliphatic hydroxyl groups excluding tert-OH is 2. The minimum Gasteiger partial charge on any atom is -0.759 e. The molecule has 0 aromatic carbocycles. The van der Waals surface area contributed by atoms with Crippen molar-refractivity contribution in [2.24, 2.45) is 0 Å². The summed E-state index contributed by atoms with van der Waals surface area (Å²) in [5, 5.41) is 16.8. The third kappa shape index (κ3) is 45.5. The van der Waals surface area contributed by atoms with Crippen molar-refractivity contribution >= 4 is 16.4 Å². The predicted octanol–water partition coefficient (Wildman–Crippen LogP) is -8.43. The maximum absolute atomic E-state index is 10.0. The van der Waals surface area contributed by atoms with E-state index in [1.54, 1.807) is 0 Å². The number of hydrogen-bond acceptors (Lipinski definition) is 8. The van der Waals surface area contributed by atoms with Crippen LogP contribution in [0.5, 0.6) is 0 Å². The molecule has 0 aliphatic heterocycles. The van der Waals surface area contributed by atoms with Gasteiger partial charge in [0.2, 0.25) is 0 Å². The molecule has 0 heterocycles. The average Bonchev–Trinajstić information content (AvgIpc) is 1.96. The number of rotatable bonds is 3. The molecule has 0 bridgehead atoms. The summed E-state index contributed by atoms with van der Waals surface area (Å²) in [7, 11) is -5.17. The quantitative estimate of drug-likeness (QED) is 0.223. The van der Waals surface area contributed by atoms with Crippen LogP contribution in [-0.2, 0) is 19.9 Å². The molecule has 0 aliphatic carbocycles. The van der Waals surface area contributed by atoms with E-state index in [4.69, 9.17) is 27.7 Å². The molecule has 0 aromatic rings. The van der Waals surface area contributed by atoms with Gasteiger partial charge in [0.15, 0.2) is 0 Å². The molecule has 11 heteroatoms. The van der Waals surface area contributed by atoms with Crippen molar-refractivity contribution in [3.63, 3.8) is 0 Å². The van der Waals surface area contributed by atoms with Crippen LogP contribution in [0.15, 0.2) is 0 Å². The van der Waals surface area contributed by atoms with Gasteiger partial charge < -0.3 is 24.1 Å². The van der Waals surface area contributed by atoms with Crippen LogP contribution in [-0.4, -0.2) is 53.0 Å². The largest absolute Gasteiger partial charge is 1.00 e. The second-order valence-corrected chi connectivity index (χ2v) is 2.86. The summed E-state index contributed by atoms with van der Waals surface area (Å²) in [4.78, 5) is 10.0. The molecular formula is C5H10Na2O8S. The fraction of sp³-hybridized carbons (Fsp3) is 0.800. The number of ether oxygens (including phenoxy) is 1. The van der Waals surface area contributed by atoms with E-state index in [0.29, 0.717) is 0 Å². The Balaban J connectivity index is -0.0000000904. The van der Waals surface area contributed by atoms with Gasteiger partial charge in [-0.2, -0.15) is 0 Å². The molecule has 0 radical (unpaired) electrons. The molecule has 0 saturated carbocycles. The number of aliphatic hydroxyl groups is 2. The van der Waals surface area contributed by atoms with Gasteiger partial charge in [-0.15, -0.1) is 0 Å². The van der Waals surface area contributed by atoms with Crippen LogP contribution in [0.25, 0.3) is 0 Å². The normalized spacial score (nSPS) is 10.8. The summed E-state index contributed by atoms with van der Waals surface area (Å²) >= 11 is 0. The average molecular weight is 276 g/mol. The van der Waals surface area contributed by atoms with Crippen LogP contribution in [0.1, 0.15) is 6.92 Å². The van der Waals surface area contributed by atoms with Crippen molar-refractivity contribution in [1.82, 2.24) is 0 Å². The maximum Gasteiger partial charge on any atom is 1.00 e. The molecular weight excluding hydrogens is 266 g/mol. The minimum absolute atomic E-state index is 0. The first-order chi connectivity index (χ1) is 6.16. The van der Waals surface area contributed by atoms with Gasteiger partial charge in [0.25, 0.3) is 0 Å². The van der Waals surface area contributed by atoms with Gasteiger partial charge in [-0.1, -0.05) is 0 Å².